The number of hydrogen-bond donors (Lipinski definition) is 3. The zero-order chi connectivity index (χ0) is 15.3. The predicted octanol–water partition coefficient (Wildman–Crippen LogP) is 1.89. The van der Waals surface area contributed by atoms with Crippen LogP contribution in [0.25, 0.3) is 0 Å². The number of hydrogen-bond acceptors (Lipinski definition) is 4. The zero-order valence-electron chi connectivity index (χ0n) is 11.0. The number of rotatable bonds is 5. The van der Waals surface area contributed by atoms with E-state index in [1.165, 1.54) is 18.2 Å². The number of nitrogens with zero attached hydrogens (tertiary/aromatic N) is 1. The van der Waals surface area contributed by atoms with Gasteiger partial charge in [-0.15, -0.1) is 0 Å². The monoisotopic (exact) mass is 281 g/mol. The van der Waals surface area contributed by atoms with Crippen LogP contribution in [0.3, 0.4) is 0 Å². The van der Waals surface area contributed by atoms with E-state index in [0.717, 1.165) is 0 Å². The van der Waals surface area contributed by atoms with Gasteiger partial charge in [-0.25, -0.2) is 9.59 Å². The van der Waals surface area contributed by atoms with Gasteiger partial charge in [-0.2, -0.15) is 0 Å². The molecule has 1 atom stereocenters. The molecule has 0 saturated carbocycles. The number of carbonyl (C=O) groups is 2. The second-order valence-electron chi connectivity index (χ2n) is 4.16. The summed E-state index contributed by atoms with van der Waals surface area (Å²) in [7, 11) is 0. The van der Waals surface area contributed by atoms with Crippen molar-refractivity contribution in [3.05, 3.63) is 33.9 Å². The summed E-state index contributed by atoms with van der Waals surface area (Å²) < 4.78 is 0. The van der Waals surface area contributed by atoms with Crippen molar-refractivity contribution in [1.29, 1.82) is 0 Å². The number of nitro benzene ring substituents is 1. The number of aryl methyl sites for hydroxylation is 1. The molecule has 1 aromatic carbocycles. The van der Waals surface area contributed by atoms with Crippen LogP contribution >= 0.6 is 0 Å². The van der Waals surface area contributed by atoms with Gasteiger partial charge in [0.05, 0.1) is 4.92 Å². The van der Waals surface area contributed by atoms with Gasteiger partial charge in [0.25, 0.3) is 5.69 Å². The summed E-state index contributed by atoms with van der Waals surface area (Å²) in [6, 6.07) is 2.50. The minimum Gasteiger partial charge on any atom is -0.480 e. The Balaban J connectivity index is 2.78. The zero-order valence-corrected chi connectivity index (χ0v) is 11.0. The number of amides is 2. The van der Waals surface area contributed by atoms with E-state index in [1.54, 1.807) is 13.8 Å². The van der Waals surface area contributed by atoms with Crippen LogP contribution in [0.2, 0.25) is 0 Å². The molecule has 0 saturated heterocycles. The molecule has 0 unspecified atom stereocenters. The molecule has 0 aliphatic heterocycles. The fraction of sp³-hybridized carbons (Fsp3) is 0.333. The number of nitrogens with one attached hydrogen (secondary N) is 2. The smallest absolute Gasteiger partial charge is 0.326 e. The first kappa shape index (κ1) is 15.4. The molecular formula is C12H15N3O5. The van der Waals surface area contributed by atoms with Crippen molar-refractivity contribution in [2.45, 2.75) is 26.3 Å². The van der Waals surface area contributed by atoms with Crippen LogP contribution in [0, 0.1) is 17.0 Å². The first-order valence-electron chi connectivity index (χ1n) is 5.90. The topological polar surface area (TPSA) is 122 Å². The Morgan fingerprint density at radius 3 is 2.60 bits per heavy atom. The molecule has 0 fully saturated rings. The molecular weight excluding hydrogens is 266 g/mol. The lowest BCUT2D eigenvalue weighted by Gasteiger charge is -2.13. The van der Waals surface area contributed by atoms with Crippen LogP contribution in [-0.4, -0.2) is 28.1 Å². The maximum atomic E-state index is 11.6. The van der Waals surface area contributed by atoms with E-state index < -0.39 is 23.0 Å². The third kappa shape index (κ3) is 3.94. The molecule has 0 heterocycles. The van der Waals surface area contributed by atoms with E-state index in [4.69, 9.17) is 5.11 Å². The SMILES string of the molecule is CC[C@@H](NC(=O)Nc1ccc(C)c([N+](=O)[O-])c1)C(=O)O. The summed E-state index contributed by atoms with van der Waals surface area (Å²) in [5, 5.41) is 24.2. The highest BCUT2D eigenvalue weighted by Gasteiger charge is 2.18. The molecule has 2 amide bonds. The average molecular weight is 281 g/mol. The maximum absolute atomic E-state index is 11.6. The number of nitro groups is 1. The van der Waals surface area contributed by atoms with E-state index in [2.05, 4.69) is 10.6 Å². The fourth-order valence-electron chi connectivity index (χ4n) is 1.55. The Morgan fingerprint density at radius 1 is 1.45 bits per heavy atom. The molecule has 0 bridgehead atoms. The van der Waals surface area contributed by atoms with Crippen molar-refractivity contribution < 1.29 is 19.6 Å². The van der Waals surface area contributed by atoms with E-state index in [9.17, 15) is 19.7 Å². The average Bonchev–Trinajstić information content (AvgIpc) is 2.37. The van der Waals surface area contributed by atoms with Crippen LogP contribution in [0.4, 0.5) is 16.2 Å². The van der Waals surface area contributed by atoms with Crippen molar-refractivity contribution in [2.24, 2.45) is 0 Å². The van der Waals surface area contributed by atoms with Gasteiger partial charge in [0.1, 0.15) is 6.04 Å². The Kier molecular flexibility index (Phi) is 5.01. The Morgan fingerprint density at radius 2 is 2.10 bits per heavy atom. The molecule has 20 heavy (non-hydrogen) atoms. The molecule has 108 valence electrons. The molecule has 0 radical (unpaired) electrons. The largest absolute Gasteiger partial charge is 0.480 e. The molecule has 0 spiro atoms. The van der Waals surface area contributed by atoms with Crippen molar-refractivity contribution >= 4 is 23.4 Å². The number of carboxylic acids is 1. The summed E-state index contributed by atoms with van der Waals surface area (Å²) >= 11 is 0. The molecule has 8 nitrogen and oxygen atoms in total. The second kappa shape index (κ2) is 6.50. The molecule has 0 aromatic heterocycles. The summed E-state index contributed by atoms with van der Waals surface area (Å²) in [4.78, 5) is 32.6. The van der Waals surface area contributed by atoms with Crippen LogP contribution in [0.15, 0.2) is 18.2 Å². The number of anilines is 1. The minimum absolute atomic E-state index is 0.118. The highest BCUT2D eigenvalue weighted by atomic mass is 16.6. The summed E-state index contributed by atoms with van der Waals surface area (Å²) in [6.07, 6.45) is 0.233. The Bertz CT molecular complexity index is 544. The molecule has 1 rings (SSSR count). The van der Waals surface area contributed by atoms with E-state index >= 15 is 0 Å². The molecule has 1 aromatic rings. The highest BCUT2D eigenvalue weighted by molar-refractivity contribution is 5.92. The second-order valence-corrected chi connectivity index (χ2v) is 4.16. The van der Waals surface area contributed by atoms with Crippen LogP contribution < -0.4 is 10.6 Å². The van der Waals surface area contributed by atoms with Crippen molar-refractivity contribution in [3.63, 3.8) is 0 Å². The first-order valence-corrected chi connectivity index (χ1v) is 5.90. The molecule has 0 aliphatic carbocycles. The van der Waals surface area contributed by atoms with Crippen LogP contribution in [0.1, 0.15) is 18.9 Å². The Hall–Kier alpha value is -2.64. The van der Waals surface area contributed by atoms with Gasteiger partial charge in [0.15, 0.2) is 0 Å². The lowest BCUT2D eigenvalue weighted by Crippen LogP contribution is -2.42. The van der Waals surface area contributed by atoms with E-state index in [-0.39, 0.29) is 17.8 Å². The molecule has 0 aliphatic rings. The maximum Gasteiger partial charge on any atom is 0.326 e. The number of urea groups is 1. The normalized spacial score (nSPS) is 11.5. The number of benzene rings is 1. The minimum atomic E-state index is -1.14. The summed E-state index contributed by atoms with van der Waals surface area (Å²) in [5.41, 5.74) is 0.575. The quantitative estimate of drug-likeness (QED) is 0.562. The van der Waals surface area contributed by atoms with Gasteiger partial charge in [0, 0.05) is 17.3 Å². The first-order chi connectivity index (χ1) is 9.35. The lowest BCUT2D eigenvalue weighted by atomic mass is 10.2. The predicted molar refractivity (Wildman–Crippen MR) is 71.7 cm³/mol. The summed E-state index contributed by atoms with van der Waals surface area (Å²) in [5.74, 6) is -1.14. The number of carboxylic acid groups (broad SMARTS) is 1. The van der Waals surface area contributed by atoms with E-state index in [0.29, 0.717) is 5.56 Å². The third-order valence-electron chi connectivity index (χ3n) is 2.68. The van der Waals surface area contributed by atoms with Gasteiger partial charge in [0.2, 0.25) is 0 Å². The van der Waals surface area contributed by atoms with Gasteiger partial charge >= 0.3 is 12.0 Å². The van der Waals surface area contributed by atoms with Gasteiger partial charge in [-0.1, -0.05) is 13.0 Å². The van der Waals surface area contributed by atoms with Gasteiger partial charge in [-0.05, 0) is 19.4 Å². The number of carbonyl (C=O) groups excluding carboxylic acids is 1. The van der Waals surface area contributed by atoms with Crippen molar-refractivity contribution in [1.82, 2.24) is 5.32 Å². The fourth-order valence-corrected chi connectivity index (χ4v) is 1.55. The molecule has 3 N–H and O–H groups in total. The van der Waals surface area contributed by atoms with Crippen molar-refractivity contribution in [3.8, 4) is 0 Å². The van der Waals surface area contributed by atoms with E-state index in [1.807, 2.05) is 0 Å². The van der Waals surface area contributed by atoms with Crippen molar-refractivity contribution in [2.75, 3.05) is 5.32 Å². The highest BCUT2D eigenvalue weighted by Crippen LogP contribution is 2.22. The van der Waals surface area contributed by atoms with Crippen LogP contribution in [-0.2, 0) is 4.79 Å². The van der Waals surface area contributed by atoms with Crippen LogP contribution in [0.5, 0.6) is 0 Å². The summed E-state index contributed by atoms with van der Waals surface area (Å²) in [6.45, 7) is 3.20. The number of aliphatic carboxylic acids is 1. The third-order valence-corrected chi connectivity index (χ3v) is 2.68. The lowest BCUT2D eigenvalue weighted by molar-refractivity contribution is -0.385. The Labute approximate surface area is 114 Å². The standard InChI is InChI=1S/C12H15N3O5/c1-3-9(11(16)17)14-12(18)13-8-5-4-7(2)10(6-8)15(19)20/h4-6,9H,3H2,1-2H3,(H,16,17)(H2,13,14,18)/t9-/m1/s1. The van der Waals surface area contributed by atoms with Gasteiger partial charge < -0.3 is 15.7 Å². The van der Waals surface area contributed by atoms with Gasteiger partial charge in [-0.3, -0.25) is 10.1 Å². The molecule has 8 heteroatoms.